The SMILES string of the molecule is COc1ccc(NC(=O)CN2CCCC(N(C)CC(=O)O)CC2)cc1. The van der Waals surface area contributed by atoms with E-state index in [2.05, 4.69) is 10.2 Å². The summed E-state index contributed by atoms with van der Waals surface area (Å²) in [6.45, 7) is 2.06. The number of carbonyl (C=O) groups excluding carboxylic acids is 1. The second kappa shape index (κ2) is 9.39. The molecule has 1 fully saturated rings. The highest BCUT2D eigenvalue weighted by atomic mass is 16.5. The van der Waals surface area contributed by atoms with Crippen LogP contribution in [-0.2, 0) is 9.59 Å². The number of benzene rings is 1. The molecule has 1 aromatic rings. The highest BCUT2D eigenvalue weighted by molar-refractivity contribution is 5.92. The molecule has 1 aromatic carbocycles. The van der Waals surface area contributed by atoms with Crippen LogP contribution in [-0.4, -0.2) is 73.2 Å². The molecule has 2 rings (SSSR count). The number of ether oxygens (including phenoxy) is 1. The zero-order valence-corrected chi connectivity index (χ0v) is 14.9. The second-order valence-electron chi connectivity index (χ2n) is 6.45. The molecule has 0 bridgehead atoms. The van der Waals surface area contributed by atoms with Gasteiger partial charge < -0.3 is 15.2 Å². The van der Waals surface area contributed by atoms with E-state index in [1.165, 1.54) is 0 Å². The van der Waals surface area contributed by atoms with Gasteiger partial charge in [-0.25, -0.2) is 0 Å². The lowest BCUT2D eigenvalue weighted by Gasteiger charge is -2.25. The summed E-state index contributed by atoms with van der Waals surface area (Å²) in [6.07, 6.45) is 2.80. The van der Waals surface area contributed by atoms with Crippen molar-refractivity contribution in [1.82, 2.24) is 9.80 Å². The average Bonchev–Trinajstić information content (AvgIpc) is 2.80. The Morgan fingerprint density at radius 2 is 2.00 bits per heavy atom. The maximum atomic E-state index is 12.2. The summed E-state index contributed by atoms with van der Waals surface area (Å²) in [5, 5.41) is 11.8. The molecule has 1 aliphatic heterocycles. The Bertz CT molecular complexity index is 576. The number of hydrogen-bond acceptors (Lipinski definition) is 5. The molecule has 0 aliphatic carbocycles. The first-order valence-corrected chi connectivity index (χ1v) is 8.56. The molecule has 1 heterocycles. The molecule has 1 unspecified atom stereocenters. The predicted octanol–water partition coefficient (Wildman–Crippen LogP) is 1.50. The van der Waals surface area contributed by atoms with E-state index in [0.29, 0.717) is 6.54 Å². The Morgan fingerprint density at radius 3 is 2.64 bits per heavy atom. The van der Waals surface area contributed by atoms with Crippen LogP contribution in [0.3, 0.4) is 0 Å². The highest BCUT2D eigenvalue weighted by Crippen LogP contribution is 2.17. The number of aliphatic carboxylic acids is 1. The van der Waals surface area contributed by atoms with E-state index in [-0.39, 0.29) is 18.5 Å². The lowest BCUT2D eigenvalue weighted by Crippen LogP contribution is -2.37. The Balaban J connectivity index is 1.80. The summed E-state index contributed by atoms with van der Waals surface area (Å²) < 4.78 is 5.10. The largest absolute Gasteiger partial charge is 0.497 e. The highest BCUT2D eigenvalue weighted by Gasteiger charge is 2.22. The predicted molar refractivity (Wildman–Crippen MR) is 96.0 cm³/mol. The minimum atomic E-state index is -0.803. The Morgan fingerprint density at radius 1 is 1.28 bits per heavy atom. The normalized spacial score (nSPS) is 18.6. The third-order valence-electron chi connectivity index (χ3n) is 4.54. The van der Waals surface area contributed by atoms with Crippen molar-refractivity contribution in [3.8, 4) is 5.75 Å². The van der Waals surface area contributed by atoms with E-state index in [0.717, 1.165) is 43.8 Å². The van der Waals surface area contributed by atoms with Crippen molar-refractivity contribution in [2.45, 2.75) is 25.3 Å². The summed E-state index contributed by atoms with van der Waals surface area (Å²) in [5.74, 6) is -0.0907. The van der Waals surface area contributed by atoms with Crippen LogP contribution >= 0.6 is 0 Å². The molecule has 1 atom stereocenters. The van der Waals surface area contributed by atoms with Gasteiger partial charge in [-0.15, -0.1) is 0 Å². The van der Waals surface area contributed by atoms with E-state index >= 15 is 0 Å². The zero-order valence-electron chi connectivity index (χ0n) is 14.9. The number of anilines is 1. The fourth-order valence-corrected chi connectivity index (χ4v) is 3.16. The van der Waals surface area contributed by atoms with Gasteiger partial charge in [0.25, 0.3) is 0 Å². The summed E-state index contributed by atoms with van der Waals surface area (Å²) in [6, 6.07) is 7.51. The van der Waals surface area contributed by atoms with Gasteiger partial charge in [0.05, 0.1) is 20.2 Å². The maximum Gasteiger partial charge on any atom is 0.317 e. The third kappa shape index (κ3) is 6.36. The average molecular weight is 349 g/mol. The molecule has 0 saturated carbocycles. The van der Waals surface area contributed by atoms with Gasteiger partial charge in [0.2, 0.25) is 5.91 Å². The molecule has 138 valence electrons. The fraction of sp³-hybridized carbons (Fsp3) is 0.556. The van der Waals surface area contributed by atoms with Crippen LogP contribution in [0.25, 0.3) is 0 Å². The molecule has 7 heteroatoms. The number of likely N-dealkylation sites (N-methyl/N-ethyl adjacent to an activating group) is 1. The van der Waals surface area contributed by atoms with Gasteiger partial charge in [-0.2, -0.15) is 0 Å². The van der Waals surface area contributed by atoms with E-state index < -0.39 is 5.97 Å². The Kier molecular flexibility index (Phi) is 7.21. The van der Waals surface area contributed by atoms with Gasteiger partial charge >= 0.3 is 5.97 Å². The summed E-state index contributed by atoms with van der Waals surface area (Å²) >= 11 is 0. The van der Waals surface area contributed by atoms with Crippen LogP contribution in [0.5, 0.6) is 5.75 Å². The van der Waals surface area contributed by atoms with Crippen molar-refractivity contribution in [3.05, 3.63) is 24.3 Å². The number of nitrogens with one attached hydrogen (secondary N) is 1. The molecule has 1 saturated heterocycles. The number of carboxylic acids is 1. The molecule has 1 amide bonds. The summed E-state index contributed by atoms with van der Waals surface area (Å²) in [5.41, 5.74) is 0.750. The minimum absolute atomic E-state index is 0.0393. The topological polar surface area (TPSA) is 82.1 Å². The van der Waals surface area contributed by atoms with Crippen LogP contribution in [0.4, 0.5) is 5.69 Å². The van der Waals surface area contributed by atoms with Gasteiger partial charge in [0.1, 0.15) is 5.75 Å². The number of hydrogen-bond donors (Lipinski definition) is 2. The minimum Gasteiger partial charge on any atom is -0.497 e. The number of nitrogens with zero attached hydrogens (tertiary/aromatic N) is 2. The van der Waals surface area contributed by atoms with Crippen LogP contribution in [0.1, 0.15) is 19.3 Å². The molecule has 0 aromatic heterocycles. The lowest BCUT2D eigenvalue weighted by molar-refractivity contribution is -0.138. The molecule has 1 aliphatic rings. The van der Waals surface area contributed by atoms with Crippen molar-refractivity contribution < 1.29 is 19.4 Å². The van der Waals surface area contributed by atoms with Gasteiger partial charge in [-0.05, 0) is 57.1 Å². The number of carboxylic acid groups (broad SMARTS) is 1. The second-order valence-corrected chi connectivity index (χ2v) is 6.45. The van der Waals surface area contributed by atoms with Crippen molar-refractivity contribution in [3.63, 3.8) is 0 Å². The quantitative estimate of drug-likeness (QED) is 0.776. The maximum absolute atomic E-state index is 12.2. The van der Waals surface area contributed by atoms with Crippen molar-refractivity contribution in [2.75, 3.05) is 45.7 Å². The van der Waals surface area contributed by atoms with Crippen molar-refractivity contribution >= 4 is 17.6 Å². The van der Waals surface area contributed by atoms with Crippen molar-refractivity contribution in [2.24, 2.45) is 0 Å². The van der Waals surface area contributed by atoms with E-state index in [4.69, 9.17) is 9.84 Å². The molecular formula is C18H27N3O4. The van der Waals surface area contributed by atoms with E-state index in [9.17, 15) is 9.59 Å². The smallest absolute Gasteiger partial charge is 0.317 e. The van der Waals surface area contributed by atoms with Gasteiger partial charge in [-0.1, -0.05) is 0 Å². The lowest BCUT2D eigenvalue weighted by atomic mass is 10.1. The monoisotopic (exact) mass is 349 g/mol. The number of carbonyl (C=O) groups is 2. The first kappa shape index (κ1) is 19.2. The Labute approximate surface area is 148 Å². The molecule has 0 spiro atoms. The van der Waals surface area contributed by atoms with Gasteiger partial charge in [0.15, 0.2) is 0 Å². The molecule has 0 radical (unpaired) electrons. The number of likely N-dealkylation sites (tertiary alicyclic amines) is 1. The van der Waals surface area contributed by atoms with E-state index in [1.54, 1.807) is 7.11 Å². The van der Waals surface area contributed by atoms with Crippen LogP contribution in [0.2, 0.25) is 0 Å². The number of methoxy groups -OCH3 is 1. The summed E-state index contributed by atoms with van der Waals surface area (Å²) in [4.78, 5) is 27.1. The zero-order chi connectivity index (χ0) is 18.2. The van der Waals surface area contributed by atoms with Gasteiger partial charge in [0, 0.05) is 18.3 Å². The fourth-order valence-electron chi connectivity index (χ4n) is 3.16. The molecule has 2 N–H and O–H groups in total. The molecule has 7 nitrogen and oxygen atoms in total. The van der Waals surface area contributed by atoms with E-state index in [1.807, 2.05) is 36.2 Å². The standard InChI is InChI=1S/C18H27N3O4/c1-20(13-18(23)24)15-4-3-10-21(11-9-15)12-17(22)19-14-5-7-16(25-2)8-6-14/h5-8,15H,3-4,9-13H2,1-2H3,(H,19,22)(H,23,24). The van der Waals surface area contributed by atoms with Crippen molar-refractivity contribution in [1.29, 1.82) is 0 Å². The first-order chi connectivity index (χ1) is 12.0. The number of rotatable bonds is 7. The third-order valence-corrected chi connectivity index (χ3v) is 4.54. The molecule has 25 heavy (non-hydrogen) atoms. The Hall–Kier alpha value is -2.12. The summed E-state index contributed by atoms with van der Waals surface area (Å²) in [7, 11) is 3.46. The van der Waals surface area contributed by atoms with Gasteiger partial charge in [-0.3, -0.25) is 19.4 Å². The molecular weight excluding hydrogens is 322 g/mol. The van der Waals surface area contributed by atoms with Crippen LogP contribution in [0.15, 0.2) is 24.3 Å². The van der Waals surface area contributed by atoms with Crippen LogP contribution < -0.4 is 10.1 Å². The first-order valence-electron chi connectivity index (χ1n) is 8.56. The number of amides is 1. The van der Waals surface area contributed by atoms with Crippen LogP contribution in [0, 0.1) is 0 Å².